The van der Waals surface area contributed by atoms with Gasteiger partial charge in [0.05, 0.1) is 11.3 Å². The van der Waals surface area contributed by atoms with E-state index in [4.69, 9.17) is 4.42 Å². The maximum Gasteiger partial charge on any atom is 0.291 e. The molecule has 0 bridgehead atoms. The van der Waals surface area contributed by atoms with Crippen LogP contribution in [0.5, 0.6) is 0 Å². The van der Waals surface area contributed by atoms with Crippen LogP contribution < -0.4 is 10.6 Å². The monoisotopic (exact) mass is 336 g/mol. The van der Waals surface area contributed by atoms with Crippen molar-refractivity contribution in [3.63, 3.8) is 0 Å². The van der Waals surface area contributed by atoms with Crippen molar-refractivity contribution in [2.75, 3.05) is 5.32 Å². The van der Waals surface area contributed by atoms with Crippen molar-refractivity contribution in [1.29, 1.82) is 0 Å². The van der Waals surface area contributed by atoms with Crippen LogP contribution in [0.3, 0.4) is 0 Å². The van der Waals surface area contributed by atoms with Gasteiger partial charge in [0.15, 0.2) is 5.76 Å². The molecule has 0 aliphatic carbocycles. The van der Waals surface area contributed by atoms with Crippen molar-refractivity contribution < 1.29 is 14.0 Å². The first-order valence-electron chi connectivity index (χ1n) is 8.28. The number of hydrogen-bond acceptors (Lipinski definition) is 3. The number of para-hydroxylation sites is 2. The lowest BCUT2D eigenvalue weighted by molar-refractivity contribution is 0.0940. The summed E-state index contributed by atoms with van der Waals surface area (Å²) >= 11 is 0. The number of carbonyl (C=O) groups excluding carboxylic acids is 2. The van der Waals surface area contributed by atoms with E-state index in [0.29, 0.717) is 16.8 Å². The van der Waals surface area contributed by atoms with Crippen LogP contribution in [0, 0.1) is 0 Å². The Morgan fingerprint density at radius 2 is 1.76 bits per heavy atom. The van der Waals surface area contributed by atoms with Crippen LogP contribution >= 0.6 is 0 Å². The molecule has 1 heterocycles. The second-order valence-electron chi connectivity index (χ2n) is 5.93. The smallest absolute Gasteiger partial charge is 0.291 e. The van der Waals surface area contributed by atoms with Gasteiger partial charge in [-0.3, -0.25) is 9.59 Å². The highest BCUT2D eigenvalue weighted by molar-refractivity contribution is 6.09. The van der Waals surface area contributed by atoms with E-state index < -0.39 is 0 Å². The van der Waals surface area contributed by atoms with E-state index in [1.165, 1.54) is 0 Å². The quantitative estimate of drug-likeness (QED) is 0.733. The molecule has 0 aliphatic heterocycles. The standard InChI is InChI=1S/C20H20N2O3/c1-3-13(2)21-19(23)15-9-5-6-10-16(15)22-20(24)18-12-14-8-4-7-11-17(14)25-18/h4-13H,3H2,1-2H3,(H,21,23)(H,22,24)/t13-/m1/s1. The SMILES string of the molecule is CC[C@@H](C)NC(=O)c1ccccc1NC(=O)c1cc2ccccc2o1. The Bertz CT molecular complexity index is 881. The van der Waals surface area contributed by atoms with Crippen LogP contribution in [0.4, 0.5) is 5.69 Å². The van der Waals surface area contributed by atoms with E-state index in [-0.39, 0.29) is 23.6 Å². The largest absolute Gasteiger partial charge is 0.451 e. The maximum absolute atomic E-state index is 12.5. The van der Waals surface area contributed by atoms with Crippen LogP contribution in [0.25, 0.3) is 11.0 Å². The van der Waals surface area contributed by atoms with Crippen LogP contribution in [0.2, 0.25) is 0 Å². The number of carbonyl (C=O) groups is 2. The molecule has 1 aromatic heterocycles. The van der Waals surface area contributed by atoms with Gasteiger partial charge >= 0.3 is 0 Å². The average Bonchev–Trinajstić information content (AvgIpc) is 3.06. The summed E-state index contributed by atoms with van der Waals surface area (Å²) in [6.07, 6.45) is 0.833. The Kier molecular flexibility index (Phi) is 4.84. The lowest BCUT2D eigenvalue weighted by Crippen LogP contribution is -2.32. The first-order valence-corrected chi connectivity index (χ1v) is 8.28. The van der Waals surface area contributed by atoms with Crippen LogP contribution in [-0.4, -0.2) is 17.9 Å². The second-order valence-corrected chi connectivity index (χ2v) is 5.93. The first-order chi connectivity index (χ1) is 12.1. The number of nitrogens with one attached hydrogen (secondary N) is 2. The molecule has 5 heteroatoms. The van der Waals surface area contributed by atoms with Gasteiger partial charge in [-0.15, -0.1) is 0 Å². The lowest BCUT2D eigenvalue weighted by atomic mass is 10.1. The molecule has 5 nitrogen and oxygen atoms in total. The molecule has 0 radical (unpaired) electrons. The highest BCUT2D eigenvalue weighted by atomic mass is 16.3. The number of benzene rings is 2. The normalized spacial score (nSPS) is 11.9. The zero-order valence-corrected chi connectivity index (χ0v) is 14.2. The molecule has 0 unspecified atom stereocenters. The molecular weight excluding hydrogens is 316 g/mol. The van der Waals surface area contributed by atoms with Crippen molar-refractivity contribution in [2.45, 2.75) is 26.3 Å². The predicted molar refractivity (Wildman–Crippen MR) is 97.8 cm³/mol. The van der Waals surface area contributed by atoms with Gasteiger partial charge in [0.1, 0.15) is 5.58 Å². The van der Waals surface area contributed by atoms with E-state index in [1.54, 1.807) is 36.4 Å². The minimum Gasteiger partial charge on any atom is -0.451 e. The molecule has 128 valence electrons. The number of anilines is 1. The van der Waals surface area contributed by atoms with Gasteiger partial charge in [-0.2, -0.15) is 0 Å². The molecule has 0 saturated heterocycles. The summed E-state index contributed by atoms with van der Waals surface area (Å²) in [4.78, 5) is 24.9. The van der Waals surface area contributed by atoms with Gasteiger partial charge in [-0.25, -0.2) is 0 Å². The number of fused-ring (bicyclic) bond motifs is 1. The molecular formula is C20H20N2O3. The third-order valence-corrected chi connectivity index (χ3v) is 4.06. The molecule has 3 rings (SSSR count). The van der Waals surface area contributed by atoms with Crippen LogP contribution in [-0.2, 0) is 0 Å². The van der Waals surface area contributed by atoms with E-state index in [9.17, 15) is 9.59 Å². The molecule has 25 heavy (non-hydrogen) atoms. The summed E-state index contributed by atoms with van der Waals surface area (Å²) < 4.78 is 5.57. The summed E-state index contributed by atoms with van der Waals surface area (Å²) in [5, 5.41) is 6.53. The predicted octanol–water partition coefficient (Wildman–Crippen LogP) is 4.21. The second kappa shape index (κ2) is 7.21. The van der Waals surface area contributed by atoms with Crippen molar-refractivity contribution in [2.24, 2.45) is 0 Å². The molecule has 1 atom stereocenters. The number of rotatable bonds is 5. The molecule has 2 amide bonds. The third kappa shape index (κ3) is 3.71. The summed E-state index contributed by atoms with van der Waals surface area (Å²) in [5.41, 5.74) is 1.52. The number of hydrogen-bond donors (Lipinski definition) is 2. The van der Waals surface area contributed by atoms with E-state index in [1.807, 2.05) is 32.0 Å². The van der Waals surface area contributed by atoms with Gasteiger partial charge in [-0.05, 0) is 37.6 Å². The van der Waals surface area contributed by atoms with Crippen LogP contribution in [0.1, 0.15) is 41.2 Å². The molecule has 0 aliphatic rings. The third-order valence-electron chi connectivity index (χ3n) is 4.06. The van der Waals surface area contributed by atoms with Gasteiger partial charge in [0.25, 0.3) is 11.8 Å². The Hall–Kier alpha value is -3.08. The van der Waals surface area contributed by atoms with Crippen LogP contribution in [0.15, 0.2) is 59.0 Å². The highest BCUT2D eigenvalue weighted by Crippen LogP contribution is 2.21. The zero-order valence-electron chi connectivity index (χ0n) is 14.2. The molecule has 2 N–H and O–H groups in total. The summed E-state index contributed by atoms with van der Waals surface area (Å²) in [5.74, 6) is -0.395. The Labute approximate surface area is 146 Å². The topological polar surface area (TPSA) is 71.3 Å². The Balaban J connectivity index is 1.82. The average molecular weight is 336 g/mol. The van der Waals surface area contributed by atoms with Gasteiger partial charge in [0.2, 0.25) is 0 Å². The summed E-state index contributed by atoms with van der Waals surface area (Å²) in [7, 11) is 0. The van der Waals surface area contributed by atoms with Gasteiger partial charge < -0.3 is 15.1 Å². The van der Waals surface area contributed by atoms with E-state index in [2.05, 4.69) is 10.6 Å². The first kappa shape index (κ1) is 16.8. The van der Waals surface area contributed by atoms with Gasteiger partial charge in [0, 0.05) is 11.4 Å². The van der Waals surface area contributed by atoms with Gasteiger partial charge in [-0.1, -0.05) is 37.3 Å². The highest BCUT2D eigenvalue weighted by Gasteiger charge is 2.17. The molecule has 0 fully saturated rings. The lowest BCUT2D eigenvalue weighted by Gasteiger charge is -2.14. The Morgan fingerprint density at radius 3 is 2.52 bits per heavy atom. The fourth-order valence-corrected chi connectivity index (χ4v) is 2.47. The molecule has 2 aromatic carbocycles. The fourth-order valence-electron chi connectivity index (χ4n) is 2.47. The van der Waals surface area contributed by atoms with Crippen molar-refractivity contribution in [1.82, 2.24) is 5.32 Å². The Morgan fingerprint density at radius 1 is 1.04 bits per heavy atom. The summed E-state index contributed by atoms with van der Waals surface area (Å²) in [6, 6.07) is 16.1. The fraction of sp³-hybridized carbons (Fsp3) is 0.200. The van der Waals surface area contributed by atoms with E-state index in [0.717, 1.165) is 11.8 Å². The number of amides is 2. The van der Waals surface area contributed by atoms with Crippen molar-refractivity contribution in [3.8, 4) is 0 Å². The maximum atomic E-state index is 12.5. The minimum absolute atomic E-state index is 0.0617. The van der Waals surface area contributed by atoms with Crippen molar-refractivity contribution in [3.05, 3.63) is 65.9 Å². The summed E-state index contributed by atoms with van der Waals surface area (Å²) in [6.45, 7) is 3.94. The number of furan rings is 1. The molecule has 0 spiro atoms. The van der Waals surface area contributed by atoms with Crippen molar-refractivity contribution >= 4 is 28.5 Å². The zero-order chi connectivity index (χ0) is 17.8. The molecule has 3 aromatic rings. The molecule has 0 saturated carbocycles. The van der Waals surface area contributed by atoms with E-state index >= 15 is 0 Å². The minimum atomic E-state index is -0.389.